The maximum atomic E-state index is 13.6. The SMILES string of the molecule is C[C@@H](c1nnc(SCC(=O)Nc2ccc3c(c2)OCO3)n1-c1ccc(F)cc1)N1CCCCC1. The van der Waals surface area contributed by atoms with Crippen molar-refractivity contribution in [3.63, 3.8) is 0 Å². The zero-order valence-electron chi connectivity index (χ0n) is 18.9. The number of piperidine rings is 1. The Labute approximate surface area is 201 Å². The summed E-state index contributed by atoms with van der Waals surface area (Å²) in [6.07, 6.45) is 3.57. The second-order valence-corrected chi connectivity index (χ2v) is 9.27. The number of carbonyl (C=O) groups excluding carboxylic acids is 1. The molecule has 178 valence electrons. The third-order valence-electron chi connectivity index (χ3n) is 6.04. The number of amides is 1. The predicted molar refractivity (Wildman–Crippen MR) is 127 cm³/mol. The van der Waals surface area contributed by atoms with Gasteiger partial charge in [-0.2, -0.15) is 0 Å². The average Bonchev–Trinajstić information content (AvgIpc) is 3.50. The molecular weight excluding hydrogens is 457 g/mol. The maximum absolute atomic E-state index is 13.6. The van der Waals surface area contributed by atoms with E-state index < -0.39 is 0 Å². The van der Waals surface area contributed by atoms with Crippen molar-refractivity contribution in [1.29, 1.82) is 0 Å². The molecule has 0 spiro atoms. The van der Waals surface area contributed by atoms with Crippen molar-refractivity contribution in [2.75, 3.05) is 31.0 Å². The Hall–Kier alpha value is -3.11. The molecule has 5 rings (SSSR count). The highest BCUT2D eigenvalue weighted by molar-refractivity contribution is 7.99. The molecule has 1 atom stereocenters. The van der Waals surface area contributed by atoms with E-state index in [0.717, 1.165) is 37.4 Å². The van der Waals surface area contributed by atoms with Crippen LogP contribution in [0.5, 0.6) is 11.5 Å². The molecule has 0 bridgehead atoms. The summed E-state index contributed by atoms with van der Waals surface area (Å²) in [5, 5.41) is 12.4. The highest BCUT2D eigenvalue weighted by Gasteiger charge is 2.26. The van der Waals surface area contributed by atoms with Crippen LogP contribution in [0.3, 0.4) is 0 Å². The summed E-state index contributed by atoms with van der Waals surface area (Å²) in [5.41, 5.74) is 1.40. The zero-order chi connectivity index (χ0) is 23.5. The van der Waals surface area contributed by atoms with Crippen LogP contribution in [0.1, 0.15) is 38.1 Å². The standard InChI is InChI=1S/C24H26FN5O3S/c1-16(29-11-3-2-4-12-29)23-27-28-24(30(23)19-8-5-17(25)6-9-19)34-14-22(31)26-18-7-10-20-21(13-18)33-15-32-20/h5-10,13,16H,2-4,11-12,14-15H2,1H3,(H,26,31)/t16-/m0/s1. The van der Waals surface area contributed by atoms with Gasteiger partial charge in [-0.05, 0) is 69.3 Å². The fourth-order valence-electron chi connectivity index (χ4n) is 4.25. The van der Waals surface area contributed by atoms with Gasteiger partial charge in [0.25, 0.3) is 0 Å². The molecule has 8 nitrogen and oxygen atoms in total. The number of rotatable bonds is 7. The molecule has 0 unspecified atom stereocenters. The number of thioether (sulfide) groups is 1. The van der Waals surface area contributed by atoms with Crippen molar-refractivity contribution >= 4 is 23.4 Å². The molecule has 0 radical (unpaired) electrons. The van der Waals surface area contributed by atoms with Crippen molar-refractivity contribution in [3.8, 4) is 17.2 Å². The van der Waals surface area contributed by atoms with Gasteiger partial charge in [-0.15, -0.1) is 10.2 Å². The van der Waals surface area contributed by atoms with Crippen molar-refractivity contribution < 1.29 is 18.7 Å². The average molecular weight is 484 g/mol. The summed E-state index contributed by atoms with van der Waals surface area (Å²) in [4.78, 5) is 15.0. The molecule has 10 heteroatoms. The first-order chi connectivity index (χ1) is 16.6. The fourth-order valence-corrected chi connectivity index (χ4v) is 5.01. The summed E-state index contributed by atoms with van der Waals surface area (Å²) in [7, 11) is 0. The summed E-state index contributed by atoms with van der Waals surface area (Å²) in [6.45, 7) is 4.33. The van der Waals surface area contributed by atoms with Crippen LogP contribution in [0.15, 0.2) is 47.6 Å². The third-order valence-corrected chi connectivity index (χ3v) is 6.97. The molecule has 0 aliphatic carbocycles. The number of likely N-dealkylation sites (tertiary alicyclic amines) is 1. The highest BCUT2D eigenvalue weighted by atomic mass is 32.2. The lowest BCUT2D eigenvalue weighted by molar-refractivity contribution is -0.113. The van der Waals surface area contributed by atoms with Crippen molar-refractivity contribution in [3.05, 3.63) is 54.1 Å². The lowest BCUT2D eigenvalue weighted by Crippen LogP contribution is -2.33. The van der Waals surface area contributed by atoms with E-state index in [1.165, 1.54) is 30.3 Å². The van der Waals surface area contributed by atoms with Gasteiger partial charge in [-0.1, -0.05) is 18.2 Å². The second-order valence-electron chi connectivity index (χ2n) is 8.33. The summed E-state index contributed by atoms with van der Waals surface area (Å²) in [6, 6.07) is 11.6. The van der Waals surface area contributed by atoms with E-state index in [0.29, 0.717) is 22.3 Å². The van der Waals surface area contributed by atoms with Crippen LogP contribution >= 0.6 is 11.8 Å². The molecule has 1 saturated heterocycles. The van der Waals surface area contributed by atoms with E-state index in [1.807, 2.05) is 4.57 Å². The van der Waals surface area contributed by atoms with Crippen molar-refractivity contribution in [1.82, 2.24) is 19.7 Å². The number of hydrogen-bond acceptors (Lipinski definition) is 7. The molecule has 2 aliphatic heterocycles. The minimum atomic E-state index is -0.306. The van der Waals surface area contributed by atoms with Crippen LogP contribution in [0.4, 0.5) is 10.1 Å². The molecule has 3 aromatic rings. The molecule has 1 aromatic heterocycles. The number of hydrogen-bond donors (Lipinski definition) is 1. The smallest absolute Gasteiger partial charge is 0.234 e. The van der Waals surface area contributed by atoms with Crippen molar-refractivity contribution in [2.45, 2.75) is 37.4 Å². The predicted octanol–water partition coefficient (Wildman–Crippen LogP) is 4.41. The van der Waals surface area contributed by atoms with E-state index in [9.17, 15) is 9.18 Å². The van der Waals surface area contributed by atoms with Gasteiger partial charge < -0.3 is 14.8 Å². The fraction of sp³-hybridized carbons (Fsp3) is 0.375. The van der Waals surface area contributed by atoms with Crippen LogP contribution in [0.2, 0.25) is 0 Å². The van der Waals surface area contributed by atoms with Crippen LogP contribution in [-0.2, 0) is 4.79 Å². The van der Waals surface area contributed by atoms with Gasteiger partial charge in [-0.3, -0.25) is 14.3 Å². The molecule has 2 aromatic carbocycles. The minimum Gasteiger partial charge on any atom is -0.454 e. The van der Waals surface area contributed by atoms with Gasteiger partial charge in [0, 0.05) is 17.4 Å². The van der Waals surface area contributed by atoms with E-state index in [1.54, 1.807) is 30.3 Å². The summed E-state index contributed by atoms with van der Waals surface area (Å²) >= 11 is 1.29. The van der Waals surface area contributed by atoms with Gasteiger partial charge in [-0.25, -0.2) is 4.39 Å². The number of halogens is 1. The van der Waals surface area contributed by atoms with Gasteiger partial charge >= 0.3 is 0 Å². The monoisotopic (exact) mass is 483 g/mol. The molecule has 3 heterocycles. The molecular formula is C24H26FN5O3S. The number of nitrogens with one attached hydrogen (secondary N) is 1. The number of carbonyl (C=O) groups is 1. The van der Waals surface area contributed by atoms with Gasteiger partial charge in [0.15, 0.2) is 22.5 Å². The lowest BCUT2D eigenvalue weighted by atomic mass is 10.1. The largest absolute Gasteiger partial charge is 0.454 e. The van der Waals surface area contributed by atoms with Crippen LogP contribution in [0.25, 0.3) is 5.69 Å². The van der Waals surface area contributed by atoms with Gasteiger partial charge in [0.2, 0.25) is 12.7 Å². The van der Waals surface area contributed by atoms with Crippen molar-refractivity contribution in [2.24, 2.45) is 0 Å². The second kappa shape index (κ2) is 10.0. The number of ether oxygens (including phenoxy) is 2. The zero-order valence-corrected chi connectivity index (χ0v) is 19.7. The lowest BCUT2D eigenvalue weighted by Gasteiger charge is -2.31. The van der Waals surface area contributed by atoms with E-state index in [4.69, 9.17) is 9.47 Å². The quantitative estimate of drug-likeness (QED) is 0.499. The van der Waals surface area contributed by atoms with Crippen LogP contribution < -0.4 is 14.8 Å². The van der Waals surface area contributed by atoms with Gasteiger partial charge in [0.05, 0.1) is 11.8 Å². The third kappa shape index (κ3) is 4.88. The van der Waals surface area contributed by atoms with Crippen LogP contribution in [-0.4, -0.2) is 51.2 Å². The van der Waals surface area contributed by atoms with E-state index in [-0.39, 0.29) is 30.3 Å². The van der Waals surface area contributed by atoms with Crippen LogP contribution in [0, 0.1) is 5.82 Å². The minimum absolute atomic E-state index is 0.0506. The topological polar surface area (TPSA) is 81.5 Å². The van der Waals surface area contributed by atoms with E-state index in [2.05, 4.69) is 27.3 Å². The Morgan fingerprint density at radius 2 is 1.85 bits per heavy atom. The molecule has 1 amide bonds. The normalized spacial score (nSPS) is 16.4. The molecule has 0 saturated carbocycles. The Kier molecular flexibility index (Phi) is 6.68. The number of fused-ring (bicyclic) bond motifs is 1. The first-order valence-electron chi connectivity index (χ1n) is 11.4. The Morgan fingerprint density at radius 1 is 1.09 bits per heavy atom. The molecule has 2 aliphatic rings. The van der Waals surface area contributed by atoms with Gasteiger partial charge in [0.1, 0.15) is 5.82 Å². The summed E-state index contributed by atoms with van der Waals surface area (Å²) in [5.74, 6) is 1.72. The Morgan fingerprint density at radius 3 is 2.65 bits per heavy atom. The molecule has 1 N–H and O–H groups in total. The Bertz CT molecular complexity index is 1160. The number of benzene rings is 2. The molecule has 34 heavy (non-hydrogen) atoms. The first-order valence-corrected chi connectivity index (χ1v) is 12.3. The Balaban J connectivity index is 1.33. The first kappa shape index (κ1) is 22.7. The van der Waals surface area contributed by atoms with E-state index >= 15 is 0 Å². The molecule has 1 fully saturated rings. The number of anilines is 1. The highest BCUT2D eigenvalue weighted by Crippen LogP contribution is 2.34. The number of aromatic nitrogens is 3. The number of nitrogens with zero attached hydrogens (tertiary/aromatic N) is 4. The maximum Gasteiger partial charge on any atom is 0.234 e. The summed E-state index contributed by atoms with van der Waals surface area (Å²) < 4.78 is 26.2.